The van der Waals surface area contributed by atoms with Crippen molar-refractivity contribution in [1.29, 1.82) is 0 Å². The Balaban J connectivity index is 4.02. The van der Waals surface area contributed by atoms with Crippen LogP contribution < -0.4 is 5.32 Å². The minimum Gasteiger partial charge on any atom is -0.356 e. The molecule has 0 rings (SSSR count). The van der Waals surface area contributed by atoms with Crippen molar-refractivity contribution in [2.24, 2.45) is 0 Å². The smallest absolute Gasteiger partial charge is 0.224 e. The summed E-state index contributed by atoms with van der Waals surface area (Å²) in [5.74, 6) is 0.0190. The minimum absolute atomic E-state index is 0.0190. The molecule has 2 heteroatoms. The van der Waals surface area contributed by atoms with Gasteiger partial charge in [0.2, 0.25) is 5.91 Å². The fourth-order valence-corrected chi connectivity index (χ4v) is 0.796. The first-order valence-electron chi connectivity index (χ1n) is 3.95. The van der Waals surface area contributed by atoms with Crippen LogP contribution in [-0.4, -0.2) is 12.5 Å². The van der Waals surface area contributed by atoms with Crippen LogP contribution >= 0.6 is 0 Å². The highest BCUT2D eigenvalue weighted by atomic mass is 16.1. The third-order valence-corrected chi connectivity index (χ3v) is 1.33. The Labute approximate surface area is 73.7 Å². The van der Waals surface area contributed by atoms with Crippen LogP contribution in [0.1, 0.15) is 13.3 Å². The Morgan fingerprint density at radius 1 is 1.50 bits per heavy atom. The van der Waals surface area contributed by atoms with Gasteiger partial charge in [0.05, 0.1) is 6.42 Å². The maximum Gasteiger partial charge on any atom is 0.224 e. The number of amides is 1. The summed E-state index contributed by atoms with van der Waals surface area (Å²) in [4.78, 5) is 11.1. The molecule has 1 amide bonds. The zero-order chi connectivity index (χ0) is 9.40. The van der Waals surface area contributed by atoms with E-state index in [4.69, 9.17) is 0 Å². The quantitative estimate of drug-likeness (QED) is 0.618. The average molecular weight is 165 g/mol. The second-order valence-corrected chi connectivity index (χ2v) is 2.31. The van der Waals surface area contributed by atoms with E-state index in [1.165, 1.54) is 0 Å². The molecule has 0 radical (unpaired) electrons. The molecule has 0 saturated heterocycles. The maximum atomic E-state index is 11.1. The molecule has 0 aromatic heterocycles. The van der Waals surface area contributed by atoms with Crippen LogP contribution in [0, 0.1) is 0 Å². The highest BCUT2D eigenvalue weighted by molar-refractivity contribution is 5.79. The zero-order valence-electron chi connectivity index (χ0n) is 7.47. The van der Waals surface area contributed by atoms with E-state index in [1.54, 1.807) is 18.2 Å². The molecule has 0 heterocycles. The van der Waals surface area contributed by atoms with Crippen molar-refractivity contribution in [3.8, 4) is 0 Å². The van der Waals surface area contributed by atoms with Gasteiger partial charge >= 0.3 is 0 Å². The summed E-state index contributed by atoms with van der Waals surface area (Å²) in [6.07, 6.45) is 5.47. The Bertz CT molecular complexity index is 204. The number of rotatable bonds is 5. The van der Waals surface area contributed by atoms with E-state index in [9.17, 15) is 4.79 Å². The lowest BCUT2D eigenvalue weighted by Crippen LogP contribution is -2.22. The first-order valence-corrected chi connectivity index (χ1v) is 3.95. The lowest BCUT2D eigenvalue weighted by atomic mass is 10.1. The number of allylic oxidation sites excluding steroid dienone is 3. The van der Waals surface area contributed by atoms with Gasteiger partial charge in [0.25, 0.3) is 0 Å². The van der Waals surface area contributed by atoms with Gasteiger partial charge in [-0.05, 0) is 12.5 Å². The Hall–Kier alpha value is -1.31. The van der Waals surface area contributed by atoms with E-state index in [-0.39, 0.29) is 5.91 Å². The lowest BCUT2D eigenvalue weighted by Gasteiger charge is -2.01. The summed E-state index contributed by atoms with van der Waals surface area (Å²) in [5.41, 5.74) is 0.885. The number of carbonyl (C=O) groups is 1. The molecule has 0 atom stereocenters. The summed E-state index contributed by atoms with van der Waals surface area (Å²) >= 11 is 0. The molecule has 0 aliphatic rings. The standard InChI is InChI=1S/C10H15NO/c1-4-7-9(5-2)8-10(12)11-6-3/h4-5,7H,1-2,6,8H2,3H3,(H,11,12)/b9-7+. The monoisotopic (exact) mass is 165 g/mol. The van der Waals surface area contributed by atoms with Crippen molar-refractivity contribution >= 4 is 5.91 Å². The van der Waals surface area contributed by atoms with Gasteiger partial charge in [-0.2, -0.15) is 0 Å². The molecule has 0 bridgehead atoms. The lowest BCUT2D eigenvalue weighted by molar-refractivity contribution is -0.120. The predicted octanol–water partition coefficient (Wildman–Crippen LogP) is 1.81. The third kappa shape index (κ3) is 4.50. The van der Waals surface area contributed by atoms with Gasteiger partial charge in [-0.3, -0.25) is 4.79 Å². The summed E-state index contributed by atoms with van der Waals surface area (Å²) in [6, 6.07) is 0. The molecule has 1 N–H and O–H groups in total. The summed E-state index contributed by atoms with van der Waals surface area (Å²) < 4.78 is 0. The molecule has 0 saturated carbocycles. The van der Waals surface area contributed by atoms with E-state index in [0.29, 0.717) is 13.0 Å². The van der Waals surface area contributed by atoms with E-state index >= 15 is 0 Å². The molecule has 66 valence electrons. The van der Waals surface area contributed by atoms with Crippen molar-refractivity contribution in [2.75, 3.05) is 6.54 Å². The maximum absolute atomic E-state index is 11.1. The van der Waals surface area contributed by atoms with E-state index in [0.717, 1.165) is 5.57 Å². The van der Waals surface area contributed by atoms with Crippen molar-refractivity contribution < 1.29 is 4.79 Å². The van der Waals surface area contributed by atoms with Gasteiger partial charge in [0.1, 0.15) is 0 Å². The highest BCUT2D eigenvalue weighted by Gasteiger charge is 1.99. The summed E-state index contributed by atoms with van der Waals surface area (Å²) in [5, 5.41) is 2.71. The van der Waals surface area contributed by atoms with Gasteiger partial charge < -0.3 is 5.32 Å². The number of hydrogen-bond donors (Lipinski definition) is 1. The largest absolute Gasteiger partial charge is 0.356 e. The van der Waals surface area contributed by atoms with Crippen LogP contribution in [0.3, 0.4) is 0 Å². The summed E-state index contributed by atoms with van der Waals surface area (Å²) in [6.45, 7) is 9.70. The molecule has 0 fully saturated rings. The summed E-state index contributed by atoms with van der Waals surface area (Å²) in [7, 11) is 0. The first-order chi connectivity index (χ1) is 5.74. The SMILES string of the molecule is C=C/C=C(\C=C)CC(=O)NCC. The van der Waals surface area contributed by atoms with Gasteiger partial charge in [-0.1, -0.05) is 31.4 Å². The molecule has 0 aromatic rings. The van der Waals surface area contributed by atoms with Gasteiger partial charge in [0, 0.05) is 6.54 Å². The molecule has 12 heavy (non-hydrogen) atoms. The van der Waals surface area contributed by atoms with Crippen molar-refractivity contribution in [3.63, 3.8) is 0 Å². The Morgan fingerprint density at radius 3 is 2.58 bits per heavy atom. The van der Waals surface area contributed by atoms with Crippen LogP contribution in [0.4, 0.5) is 0 Å². The van der Waals surface area contributed by atoms with Gasteiger partial charge in [-0.25, -0.2) is 0 Å². The topological polar surface area (TPSA) is 29.1 Å². The van der Waals surface area contributed by atoms with E-state index < -0.39 is 0 Å². The van der Waals surface area contributed by atoms with Crippen LogP contribution in [-0.2, 0) is 4.79 Å². The van der Waals surface area contributed by atoms with Crippen molar-refractivity contribution in [3.05, 3.63) is 37.0 Å². The number of hydrogen-bond acceptors (Lipinski definition) is 1. The predicted molar refractivity (Wildman–Crippen MR) is 51.8 cm³/mol. The molecular weight excluding hydrogens is 150 g/mol. The molecule has 0 aromatic carbocycles. The van der Waals surface area contributed by atoms with Gasteiger partial charge in [-0.15, -0.1) is 0 Å². The first kappa shape index (κ1) is 10.7. The fraction of sp³-hybridized carbons (Fsp3) is 0.300. The molecule has 0 unspecified atom stereocenters. The van der Waals surface area contributed by atoms with Crippen molar-refractivity contribution in [2.45, 2.75) is 13.3 Å². The molecule has 0 spiro atoms. The van der Waals surface area contributed by atoms with Crippen LogP contribution in [0.15, 0.2) is 37.0 Å². The normalized spacial score (nSPS) is 10.6. The molecular formula is C10H15NO. The van der Waals surface area contributed by atoms with Crippen LogP contribution in [0.25, 0.3) is 0 Å². The zero-order valence-corrected chi connectivity index (χ0v) is 7.47. The second-order valence-electron chi connectivity index (χ2n) is 2.31. The minimum atomic E-state index is 0.0190. The Morgan fingerprint density at radius 2 is 2.17 bits per heavy atom. The van der Waals surface area contributed by atoms with E-state index in [2.05, 4.69) is 18.5 Å². The fourth-order valence-electron chi connectivity index (χ4n) is 0.796. The van der Waals surface area contributed by atoms with Gasteiger partial charge in [0.15, 0.2) is 0 Å². The van der Waals surface area contributed by atoms with Crippen molar-refractivity contribution in [1.82, 2.24) is 5.32 Å². The molecule has 0 aliphatic heterocycles. The molecule has 2 nitrogen and oxygen atoms in total. The second kappa shape index (κ2) is 6.40. The third-order valence-electron chi connectivity index (χ3n) is 1.33. The van der Waals surface area contributed by atoms with Crippen LogP contribution in [0.5, 0.6) is 0 Å². The molecule has 0 aliphatic carbocycles. The van der Waals surface area contributed by atoms with Crippen LogP contribution in [0.2, 0.25) is 0 Å². The number of carbonyl (C=O) groups excluding carboxylic acids is 1. The highest BCUT2D eigenvalue weighted by Crippen LogP contribution is 2.01. The Kier molecular flexibility index (Phi) is 5.70. The van der Waals surface area contributed by atoms with E-state index in [1.807, 2.05) is 6.92 Å². The number of nitrogens with one attached hydrogen (secondary N) is 1. The average Bonchev–Trinajstić information content (AvgIpc) is 2.04.